The smallest absolute Gasteiger partial charge is 0.127 e. The molecule has 4 heteroatoms. The van der Waals surface area contributed by atoms with Gasteiger partial charge < -0.3 is 14.4 Å². The summed E-state index contributed by atoms with van der Waals surface area (Å²) in [6.45, 7) is 0.941. The third kappa shape index (κ3) is 4.70. The van der Waals surface area contributed by atoms with Gasteiger partial charge in [-0.25, -0.2) is 4.98 Å². The first-order chi connectivity index (χ1) is 11.8. The molecule has 0 saturated carbocycles. The largest absolute Gasteiger partial charge is 0.457 e. The maximum atomic E-state index is 10.3. The van der Waals surface area contributed by atoms with Gasteiger partial charge in [-0.1, -0.05) is 30.3 Å². The van der Waals surface area contributed by atoms with E-state index in [1.807, 2.05) is 67.1 Å². The van der Waals surface area contributed by atoms with Crippen LogP contribution in [0.25, 0.3) is 0 Å². The fourth-order valence-electron chi connectivity index (χ4n) is 2.60. The van der Waals surface area contributed by atoms with Crippen molar-refractivity contribution < 1.29 is 9.84 Å². The molecule has 2 aromatic carbocycles. The molecule has 24 heavy (non-hydrogen) atoms. The van der Waals surface area contributed by atoms with Crippen LogP contribution < -0.4 is 4.74 Å². The number of aromatic nitrogens is 2. The quantitative estimate of drug-likeness (QED) is 0.618. The van der Waals surface area contributed by atoms with E-state index in [9.17, 15) is 5.11 Å². The summed E-state index contributed by atoms with van der Waals surface area (Å²) in [6, 6.07) is 17.3. The van der Waals surface area contributed by atoms with Crippen LogP contribution in [0.15, 0.2) is 73.3 Å². The second-order valence-corrected chi connectivity index (χ2v) is 5.80. The van der Waals surface area contributed by atoms with Gasteiger partial charge in [0.25, 0.3) is 0 Å². The topological polar surface area (TPSA) is 47.3 Å². The van der Waals surface area contributed by atoms with Crippen LogP contribution in [0.2, 0.25) is 0 Å². The summed E-state index contributed by atoms with van der Waals surface area (Å²) < 4.78 is 7.82. The Kier molecular flexibility index (Phi) is 5.64. The Morgan fingerprint density at radius 1 is 0.958 bits per heavy atom. The number of unbranched alkanes of at least 4 members (excludes halogenated alkanes) is 1. The molecule has 0 spiro atoms. The highest BCUT2D eigenvalue weighted by Gasteiger charge is 2.07. The minimum Gasteiger partial charge on any atom is -0.457 e. The third-order valence-electron chi connectivity index (χ3n) is 3.95. The van der Waals surface area contributed by atoms with Crippen molar-refractivity contribution in [1.29, 1.82) is 0 Å². The molecule has 3 rings (SSSR count). The van der Waals surface area contributed by atoms with Crippen molar-refractivity contribution in [3.05, 3.63) is 78.9 Å². The van der Waals surface area contributed by atoms with Crippen LogP contribution in [0.4, 0.5) is 0 Å². The highest BCUT2D eigenvalue weighted by Crippen LogP contribution is 2.25. The molecule has 1 aromatic heterocycles. The predicted molar refractivity (Wildman–Crippen MR) is 94.0 cm³/mol. The van der Waals surface area contributed by atoms with Gasteiger partial charge in [0, 0.05) is 18.9 Å². The minimum atomic E-state index is -0.432. The van der Waals surface area contributed by atoms with Gasteiger partial charge in [0.05, 0.1) is 12.4 Å². The van der Waals surface area contributed by atoms with Crippen LogP contribution in [0.1, 0.15) is 30.9 Å². The molecule has 0 radical (unpaired) electrons. The van der Waals surface area contributed by atoms with Crippen LogP contribution in [0.5, 0.6) is 11.5 Å². The number of hydrogen-bond donors (Lipinski definition) is 1. The maximum absolute atomic E-state index is 10.3. The van der Waals surface area contributed by atoms with Crippen LogP contribution in [-0.4, -0.2) is 14.7 Å². The average Bonchev–Trinajstić information content (AvgIpc) is 3.13. The number of aryl methyl sites for hydroxylation is 1. The van der Waals surface area contributed by atoms with Gasteiger partial charge in [0.1, 0.15) is 11.5 Å². The summed E-state index contributed by atoms with van der Waals surface area (Å²) in [5.74, 6) is 1.59. The van der Waals surface area contributed by atoms with Crippen molar-refractivity contribution in [2.24, 2.45) is 0 Å². The second kappa shape index (κ2) is 8.31. The van der Waals surface area contributed by atoms with Gasteiger partial charge in [-0.15, -0.1) is 0 Å². The standard InChI is InChI=1S/C20H22N2O2/c23-20(8-4-5-14-22-15-13-21-16-22)17-9-11-19(12-10-17)24-18-6-2-1-3-7-18/h1-3,6-7,9-13,15-16,20,23H,4-5,8,14H2. The molecule has 1 heterocycles. The Labute approximate surface area is 142 Å². The molecule has 1 unspecified atom stereocenters. The Bertz CT molecular complexity index is 709. The zero-order chi connectivity index (χ0) is 16.6. The molecule has 0 aliphatic rings. The minimum absolute atomic E-state index is 0.432. The van der Waals surface area contributed by atoms with E-state index in [1.54, 1.807) is 6.20 Å². The Balaban J connectivity index is 1.45. The first-order valence-electron chi connectivity index (χ1n) is 8.28. The SMILES string of the molecule is OC(CCCCn1ccnc1)c1ccc(Oc2ccccc2)cc1. The summed E-state index contributed by atoms with van der Waals surface area (Å²) in [6.07, 6.45) is 7.90. The fourth-order valence-corrected chi connectivity index (χ4v) is 2.60. The van der Waals surface area contributed by atoms with E-state index >= 15 is 0 Å². The molecule has 0 aliphatic carbocycles. The van der Waals surface area contributed by atoms with Gasteiger partial charge in [0.15, 0.2) is 0 Å². The lowest BCUT2D eigenvalue weighted by Gasteiger charge is -2.12. The fraction of sp³-hybridized carbons (Fsp3) is 0.250. The molecule has 0 amide bonds. The molecule has 1 N–H and O–H groups in total. The maximum Gasteiger partial charge on any atom is 0.127 e. The molecule has 0 saturated heterocycles. The molecular weight excluding hydrogens is 300 g/mol. The van der Waals surface area contributed by atoms with Crippen molar-refractivity contribution in [2.75, 3.05) is 0 Å². The predicted octanol–water partition coefficient (Wildman–Crippen LogP) is 4.58. The van der Waals surface area contributed by atoms with E-state index in [4.69, 9.17) is 4.74 Å². The Hall–Kier alpha value is -2.59. The summed E-state index contributed by atoms with van der Waals surface area (Å²) in [7, 11) is 0. The number of imidazole rings is 1. The number of aliphatic hydroxyl groups excluding tert-OH is 1. The van der Waals surface area contributed by atoms with Gasteiger partial charge in [-0.2, -0.15) is 0 Å². The Morgan fingerprint density at radius 3 is 2.42 bits per heavy atom. The van der Waals surface area contributed by atoms with E-state index in [-0.39, 0.29) is 0 Å². The Morgan fingerprint density at radius 2 is 1.71 bits per heavy atom. The zero-order valence-electron chi connectivity index (χ0n) is 13.6. The summed E-state index contributed by atoms with van der Waals surface area (Å²) in [5.41, 5.74) is 0.929. The van der Waals surface area contributed by atoms with Crippen molar-refractivity contribution in [1.82, 2.24) is 9.55 Å². The summed E-state index contributed by atoms with van der Waals surface area (Å²) >= 11 is 0. The highest BCUT2D eigenvalue weighted by atomic mass is 16.5. The number of hydrogen-bond acceptors (Lipinski definition) is 3. The lowest BCUT2D eigenvalue weighted by atomic mass is 10.0. The molecular formula is C20H22N2O2. The normalized spacial score (nSPS) is 12.0. The van der Waals surface area contributed by atoms with Crippen molar-refractivity contribution in [2.45, 2.75) is 31.9 Å². The number of nitrogens with zero attached hydrogens (tertiary/aromatic N) is 2. The zero-order valence-corrected chi connectivity index (χ0v) is 13.6. The summed E-state index contributed by atoms with van der Waals surface area (Å²) in [5, 5.41) is 10.3. The number of rotatable bonds is 8. The summed E-state index contributed by atoms with van der Waals surface area (Å²) in [4.78, 5) is 4.02. The highest BCUT2D eigenvalue weighted by molar-refractivity contribution is 5.33. The second-order valence-electron chi connectivity index (χ2n) is 5.80. The number of para-hydroxylation sites is 1. The van der Waals surface area contributed by atoms with E-state index in [0.29, 0.717) is 0 Å². The van der Waals surface area contributed by atoms with E-state index in [1.165, 1.54) is 0 Å². The molecule has 0 bridgehead atoms. The van der Waals surface area contributed by atoms with E-state index in [0.717, 1.165) is 42.9 Å². The first-order valence-corrected chi connectivity index (χ1v) is 8.28. The van der Waals surface area contributed by atoms with Crippen molar-refractivity contribution >= 4 is 0 Å². The number of benzene rings is 2. The molecule has 1 atom stereocenters. The van der Waals surface area contributed by atoms with Crippen LogP contribution in [0, 0.1) is 0 Å². The van der Waals surface area contributed by atoms with Gasteiger partial charge in [-0.05, 0) is 49.1 Å². The number of aliphatic hydroxyl groups is 1. The van der Waals surface area contributed by atoms with Gasteiger partial charge >= 0.3 is 0 Å². The lowest BCUT2D eigenvalue weighted by Crippen LogP contribution is -1.99. The number of ether oxygens (including phenoxy) is 1. The van der Waals surface area contributed by atoms with Crippen LogP contribution in [-0.2, 0) is 6.54 Å². The third-order valence-corrected chi connectivity index (χ3v) is 3.95. The molecule has 4 nitrogen and oxygen atoms in total. The van der Waals surface area contributed by atoms with Crippen LogP contribution >= 0.6 is 0 Å². The van der Waals surface area contributed by atoms with Gasteiger partial charge in [0.2, 0.25) is 0 Å². The first kappa shape index (κ1) is 16.3. The van der Waals surface area contributed by atoms with Crippen molar-refractivity contribution in [3.63, 3.8) is 0 Å². The average molecular weight is 322 g/mol. The molecule has 0 aliphatic heterocycles. The molecule has 124 valence electrons. The van der Waals surface area contributed by atoms with Crippen LogP contribution in [0.3, 0.4) is 0 Å². The van der Waals surface area contributed by atoms with Gasteiger partial charge in [-0.3, -0.25) is 0 Å². The van der Waals surface area contributed by atoms with E-state index < -0.39 is 6.10 Å². The van der Waals surface area contributed by atoms with Crippen molar-refractivity contribution in [3.8, 4) is 11.5 Å². The van der Waals surface area contributed by atoms with E-state index in [2.05, 4.69) is 9.55 Å². The molecule has 3 aromatic rings. The molecule has 0 fully saturated rings. The monoisotopic (exact) mass is 322 g/mol. The lowest BCUT2D eigenvalue weighted by molar-refractivity contribution is 0.163.